The van der Waals surface area contributed by atoms with Crippen molar-refractivity contribution >= 4 is 17.5 Å². The van der Waals surface area contributed by atoms with Crippen LogP contribution in [-0.2, 0) is 4.79 Å². The maximum atomic E-state index is 11.7. The lowest BCUT2D eigenvalue weighted by Crippen LogP contribution is -2.29. The minimum atomic E-state index is -0.701. The normalized spacial score (nSPS) is 16.2. The second-order valence-corrected chi connectivity index (χ2v) is 4.84. The summed E-state index contributed by atoms with van der Waals surface area (Å²) in [6, 6.07) is 6.96. The molecule has 1 unspecified atom stereocenters. The van der Waals surface area contributed by atoms with Crippen molar-refractivity contribution in [1.29, 1.82) is 0 Å². The fourth-order valence-corrected chi connectivity index (χ4v) is 2.11. The van der Waals surface area contributed by atoms with E-state index < -0.39 is 6.10 Å². The summed E-state index contributed by atoms with van der Waals surface area (Å²) < 4.78 is 0. The lowest BCUT2D eigenvalue weighted by Gasteiger charge is -2.12. The second-order valence-electron chi connectivity index (χ2n) is 4.40. The number of benzene rings is 1. The highest BCUT2D eigenvalue weighted by molar-refractivity contribution is 6.30. The average Bonchev–Trinajstić information content (AvgIpc) is 2.90. The summed E-state index contributed by atoms with van der Waals surface area (Å²) >= 11 is 5.77. The van der Waals surface area contributed by atoms with Crippen molar-refractivity contribution in [1.82, 2.24) is 5.32 Å². The number of carbonyl (C=O) groups excluding carboxylic acids is 1. The van der Waals surface area contributed by atoms with Gasteiger partial charge in [-0.1, -0.05) is 29.8 Å². The van der Waals surface area contributed by atoms with Crippen molar-refractivity contribution in [3.63, 3.8) is 0 Å². The molecular weight excluding hydrogens is 250 g/mol. The third kappa shape index (κ3) is 3.34. The highest BCUT2D eigenvalue weighted by atomic mass is 35.5. The average molecular weight is 266 g/mol. The molecule has 0 saturated heterocycles. The summed E-state index contributed by atoms with van der Waals surface area (Å²) in [4.78, 5) is 11.7. The standard InChI is InChI=1S/C14H16ClNO2/c15-12-7-5-10(6-8-12)13(17)9-16-14(18)11-3-1-2-4-11/h3,5-8,13,17H,1-2,4,9H2,(H,16,18). The maximum absolute atomic E-state index is 11.7. The molecule has 0 spiro atoms. The van der Waals surface area contributed by atoms with E-state index >= 15 is 0 Å². The molecule has 0 bridgehead atoms. The predicted molar refractivity (Wildman–Crippen MR) is 71.4 cm³/mol. The Morgan fingerprint density at radius 3 is 2.72 bits per heavy atom. The Morgan fingerprint density at radius 2 is 2.11 bits per heavy atom. The number of halogens is 1. The molecule has 0 heterocycles. The van der Waals surface area contributed by atoms with Crippen LogP contribution in [0.3, 0.4) is 0 Å². The summed E-state index contributed by atoms with van der Waals surface area (Å²) in [6.07, 6.45) is 4.12. The van der Waals surface area contributed by atoms with Crippen molar-refractivity contribution in [2.24, 2.45) is 0 Å². The molecule has 0 aliphatic heterocycles. The van der Waals surface area contributed by atoms with Crippen molar-refractivity contribution in [3.05, 3.63) is 46.5 Å². The smallest absolute Gasteiger partial charge is 0.246 e. The van der Waals surface area contributed by atoms with Crippen LogP contribution in [0.5, 0.6) is 0 Å². The molecule has 1 aromatic carbocycles. The van der Waals surface area contributed by atoms with E-state index in [0.717, 1.165) is 30.4 Å². The fraction of sp³-hybridized carbons (Fsp3) is 0.357. The zero-order chi connectivity index (χ0) is 13.0. The summed E-state index contributed by atoms with van der Waals surface area (Å²) in [6.45, 7) is 0.220. The third-order valence-corrected chi connectivity index (χ3v) is 3.30. The lowest BCUT2D eigenvalue weighted by molar-refractivity contribution is -0.118. The van der Waals surface area contributed by atoms with Crippen LogP contribution in [0.1, 0.15) is 30.9 Å². The first-order chi connectivity index (χ1) is 8.66. The van der Waals surface area contributed by atoms with Gasteiger partial charge >= 0.3 is 0 Å². The van der Waals surface area contributed by atoms with Crippen molar-refractivity contribution in [2.75, 3.05) is 6.54 Å². The molecule has 0 aromatic heterocycles. The summed E-state index contributed by atoms with van der Waals surface area (Å²) in [5.41, 5.74) is 1.58. The Morgan fingerprint density at radius 1 is 1.39 bits per heavy atom. The molecule has 0 saturated carbocycles. The molecule has 18 heavy (non-hydrogen) atoms. The third-order valence-electron chi connectivity index (χ3n) is 3.04. The monoisotopic (exact) mass is 265 g/mol. The van der Waals surface area contributed by atoms with E-state index in [0.29, 0.717) is 5.02 Å². The van der Waals surface area contributed by atoms with Gasteiger partial charge in [0, 0.05) is 17.1 Å². The SMILES string of the molecule is O=C(NCC(O)c1ccc(Cl)cc1)C1=CCCC1. The molecule has 0 fully saturated rings. The van der Waals surface area contributed by atoms with E-state index in [1.54, 1.807) is 24.3 Å². The molecule has 2 N–H and O–H groups in total. The van der Waals surface area contributed by atoms with Crippen LogP contribution >= 0.6 is 11.6 Å². The molecule has 1 atom stereocenters. The molecule has 2 rings (SSSR count). The van der Waals surface area contributed by atoms with E-state index in [2.05, 4.69) is 5.32 Å². The van der Waals surface area contributed by atoms with Gasteiger partial charge in [0.2, 0.25) is 5.91 Å². The minimum absolute atomic E-state index is 0.0690. The number of rotatable bonds is 4. The van der Waals surface area contributed by atoms with E-state index in [9.17, 15) is 9.90 Å². The van der Waals surface area contributed by atoms with Gasteiger partial charge in [0.15, 0.2) is 0 Å². The second kappa shape index (κ2) is 6.03. The van der Waals surface area contributed by atoms with Crippen molar-refractivity contribution < 1.29 is 9.90 Å². The van der Waals surface area contributed by atoms with E-state index in [4.69, 9.17) is 11.6 Å². The van der Waals surface area contributed by atoms with E-state index in [1.807, 2.05) is 6.08 Å². The lowest BCUT2D eigenvalue weighted by atomic mass is 10.1. The molecule has 1 aromatic rings. The van der Waals surface area contributed by atoms with Gasteiger partial charge in [-0.2, -0.15) is 0 Å². The Balaban J connectivity index is 1.86. The van der Waals surface area contributed by atoms with Gasteiger partial charge in [-0.25, -0.2) is 0 Å². The summed E-state index contributed by atoms with van der Waals surface area (Å²) in [5.74, 6) is -0.0690. The molecule has 4 heteroatoms. The van der Waals surface area contributed by atoms with Gasteiger partial charge in [0.1, 0.15) is 0 Å². The van der Waals surface area contributed by atoms with Crippen molar-refractivity contribution in [2.45, 2.75) is 25.4 Å². The number of amides is 1. The van der Waals surface area contributed by atoms with E-state index in [-0.39, 0.29) is 12.5 Å². The zero-order valence-corrected chi connectivity index (χ0v) is 10.8. The Kier molecular flexibility index (Phi) is 4.39. The van der Waals surface area contributed by atoms with Crippen molar-refractivity contribution in [3.8, 4) is 0 Å². The van der Waals surface area contributed by atoms with Gasteiger partial charge in [-0.15, -0.1) is 0 Å². The number of hydrogen-bond donors (Lipinski definition) is 2. The highest BCUT2D eigenvalue weighted by Crippen LogP contribution is 2.18. The van der Waals surface area contributed by atoms with Crippen LogP contribution < -0.4 is 5.32 Å². The largest absolute Gasteiger partial charge is 0.387 e. The van der Waals surface area contributed by atoms with Gasteiger partial charge in [0.05, 0.1) is 6.10 Å². The Bertz CT molecular complexity index is 453. The Hall–Kier alpha value is -1.32. The number of aliphatic hydroxyl groups excluding tert-OH is 1. The van der Waals surface area contributed by atoms with Gasteiger partial charge in [0.25, 0.3) is 0 Å². The predicted octanol–water partition coefficient (Wildman–Crippen LogP) is 2.60. The number of allylic oxidation sites excluding steroid dienone is 1. The quantitative estimate of drug-likeness (QED) is 0.879. The van der Waals surface area contributed by atoms with Crippen LogP contribution in [0.25, 0.3) is 0 Å². The minimum Gasteiger partial charge on any atom is -0.387 e. The number of nitrogens with one attached hydrogen (secondary N) is 1. The Labute approximate surface area is 111 Å². The number of aliphatic hydroxyl groups is 1. The highest BCUT2D eigenvalue weighted by Gasteiger charge is 2.14. The molecule has 1 aliphatic rings. The fourth-order valence-electron chi connectivity index (χ4n) is 1.98. The molecule has 96 valence electrons. The van der Waals surface area contributed by atoms with Crippen LogP contribution in [0.15, 0.2) is 35.9 Å². The first-order valence-electron chi connectivity index (χ1n) is 6.07. The van der Waals surface area contributed by atoms with Crippen LogP contribution in [-0.4, -0.2) is 17.6 Å². The molecular formula is C14H16ClNO2. The molecule has 1 amide bonds. The molecule has 3 nitrogen and oxygen atoms in total. The maximum Gasteiger partial charge on any atom is 0.246 e. The molecule has 1 aliphatic carbocycles. The number of carbonyl (C=O) groups is 1. The van der Waals surface area contributed by atoms with E-state index in [1.165, 1.54) is 0 Å². The van der Waals surface area contributed by atoms with Gasteiger partial charge in [-0.3, -0.25) is 4.79 Å². The van der Waals surface area contributed by atoms with Crippen LogP contribution in [0.4, 0.5) is 0 Å². The summed E-state index contributed by atoms with van der Waals surface area (Å²) in [5, 5.41) is 13.3. The number of hydrogen-bond acceptors (Lipinski definition) is 2. The van der Waals surface area contributed by atoms with Gasteiger partial charge in [-0.05, 0) is 37.0 Å². The van der Waals surface area contributed by atoms with Crippen LogP contribution in [0, 0.1) is 0 Å². The molecule has 0 radical (unpaired) electrons. The summed E-state index contributed by atoms with van der Waals surface area (Å²) in [7, 11) is 0. The topological polar surface area (TPSA) is 49.3 Å². The first-order valence-corrected chi connectivity index (χ1v) is 6.45. The van der Waals surface area contributed by atoms with Crippen LogP contribution in [0.2, 0.25) is 5.02 Å². The first kappa shape index (κ1) is 13.1. The van der Waals surface area contributed by atoms with Gasteiger partial charge < -0.3 is 10.4 Å². The zero-order valence-electron chi connectivity index (χ0n) is 10.0.